The van der Waals surface area contributed by atoms with E-state index in [0.29, 0.717) is 11.3 Å². The minimum Gasteiger partial charge on any atom is -0.350 e. The summed E-state index contributed by atoms with van der Waals surface area (Å²) in [5.74, 6) is -0.197. The van der Waals surface area contributed by atoms with E-state index in [0.717, 1.165) is 0 Å². The quantitative estimate of drug-likeness (QED) is 0.812. The van der Waals surface area contributed by atoms with Crippen molar-refractivity contribution in [3.05, 3.63) is 29.8 Å². The van der Waals surface area contributed by atoms with Crippen LogP contribution in [0.2, 0.25) is 0 Å². The molecule has 1 amide bonds. The van der Waals surface area contributed by atoms with E-state index >= 15 is 0 Å². The molecule has 18 heavy (non-hydrogen) atoms. The van der Waals surface area contributed by atoms with Crippen LogP contribution < -0.4 is 10.0 Å². The van der Waals surface area contributed by atoms with Crippen LogP contribution in [0.1, 0.15) is 24.2 Å². The molecule has 0 aliphatic carbocycles. The lowest BCUT2D eigenvalue weighted by Crippen LogP contribution is -2.30. The average molecular weight is 291 g/mol. The standard InChI is InChI=1S/C11H15ClN2O3S/c1-8(2)13-11(15)9-3-5-10(6-4-9)14-18(16,17)7-12/h3-6,8,14H,7H2,1-2H3,(H,13,15). The molecular formula is C11H15ClN2O3S. The number of carbonyl (C=O) groups excluding carboxylic acids is 1. The van der Waals surface area contributed by atoms with Gasteiger partial charge in [-0.15, -0.1) is 11.6 Å². The molecule has 0 aliphatic heterocycles. The molecule has 0 atom stereocenters. The number of hydrogen-bond donors (Lipinski definition) is 2. The summed E-state index contributed by atoms with van der Waals surface area (Å²) in [7, 11) is -3.51. The summed E-state index contributed by atoms with van der Waals surface area (Å²) in [6, 6.07) is 6.17. The highest BCUT2D eigenvalue weighted by molar-refractivity contribution is 7.93. The topological polar surface area (TPSA) is 75.3 Å². The second-order valence-electron chi connectivity index (χ2n) is 4.03. The van der Waals surface area contributed by atoms with Crippen molar-refractivity contribution in [2.75, 3.05) is 9.93 Å². The van der Waals surface area contributed by atoms with E-state index in [-0.39, 0.29) is 11.9 Å². The van der Waals surface area contributed by atoms with Gasteiger partial charge >= 0.3 is 0 Å². The van der Waals surface area contributed by atoms with Gasteiger partial charge < -0.3 is 5.32 Å². The van der Waals surface area contributed by atoms with Crippen molar-refractivity contribution < 1.29 is 13.2 Å². The SMILES string of the molecule is CC(C)NC(=O)c1ccc(NS(=O)(=O)CCl)cc1. The monoisotopic (exact) mass is 290 g/mol. The Labute approximate surface area is 112 Å². The van der Waals surface area contributed by atoms with Gasteiger partial charge in [-0.2, -0.15) is 0 Å². The first-order chi connectivity index (χ1) is 8.34. The third-order valence-corrected chi connectivity index (χ3v) is 3.68. The Hall–Kier alpha value is -1.27. The normalized spacial score (nSPS) is 11.3. The lowest BCUT2D eigenvalue weighted by molar-refractivity contribution is 0.0943. The van der Waals surface area contributed by atoms with Gasteiger partial charge in [0.25, 0.3) is 5.91 Å². The maximum atomic E-state index is 11.6. The first-order valence-electron chi connectivity index (χ1n) is 5.31. The molecule has 0 aromatic heterocycles. The molecule has 0 heterocycles. The van der Waals surface area contributed by atoms with Crippen molar-refractivity contribution in [1.82, 2.24) is 5.32 Å². The van der Waals surface area contributed by atoms with Gasteiger partial charge in [0.1, 0.15) is 5.21 Å². The van der Waals surface area contributed by atoms with Crippen LogP contribution in [-0.4, -0.2) is 25.6 Å². The number of rotatable bonds is 5. The Balaban J connectivity index is 2.77. The second-order valence-corrected chi connectivity index (χ2v) is 6.34. The Bertz CT molecular complexity index is 512. The minimum absolute atomic E-state index is 0.0481. The van der Waals surface area contributed by atoms with Crippen molar-refractivity contribution in [1.29, 1.82) is 0 Å². The Morgan fingerprint density at radius 2 is 1.83 bits per heavy atom. The maximum Gasteiger partial charge on any atom is 0.251 e. The molecule has 0 saturated heterocycles. The zero-order valence-corrected chi connectivity index (χ0v) is 11.7. The third-order valence-electron chi connectivity index (χ3n) is 1.98. The zero-order valence-electron chi connectivity index (χ0n) is 10.1. The highest BCUT2D eigenvalue weighted by Crippen LogP contribution is 2.12. The van der Waals surface area contributed by atoms with Crippen LogP contribution in [0.5, 0.6) is 0 Å². The number of halogens is 1. The maximum absolute atomic E-state index is 11.6. The molecule has 0 unspecified atom stereocenters. The number of alkyl halides is 1. The van der Waals surface area contributed by atoms with Crippen LogP contribution in [0.25, 0.3) is 0 Å². The van der Waals surface area contributed by atoms with E-state index < -0.39 is 15.2 Å². The molecule has 0 bridgehead atoms. The van der Waals surface area contributed by atoms with Gasteiger partial charge in [-0.25, -0.2) is 8.42 Å². The molecule has 1 aromatic carbocycles. The largest absolute Gasteiger partial charge is 0.350 e. The van der Waals surface area contributed by atoms with Crippen LogP contribution in [0, 0.1) is 0 Å². The van der Waals surface area contributed by atoms with Crippen molar-refractivity contribution in [3.8, 4) is 0 Å². The molecule has 1 aromatic rings. The van der Waals surface area contributed by atoms with Crippen LogP contribution >= 0.6 is 11.6 Å². The summed E-state index contributed by atoms with van der Waals surface area (Å²) < 4.78 is 24.7. The van der Waals surface area contributed by atoms with Gasteiger partial charge in [-0.3, -0.25) is 9.52 Å². The first kappa shape index (κ1) is 14.8. The van der Waals surface area contributed by atoms with E-state index in [4.69, 9.17) is 11.6 Å². The predicted molar refractivity (Wildman–Crippen MR) is 72.3 cm³/mol. The molecule has 0 saturated carbocycles. The van der Waals surface area contributed by atoms with Crippen LogP contribution in [-0.2, 0) is 10.0 Å². The van der Waals surface area contributed by atoms with Crippen molar-refractivity contribution >= 4 is 33.2 Å². The molecule has 0 radical (unpaired) electrons. The number of nitrogens with one attached hydrogen (secondary N) is 2. The van der Waals surface area contributed by atoms with Crippen LogP contribution in [0.4, 0.5) is 5.69 Å². The van der Waals surface area contributed by atoms with Crippen LogP contribution in [0.15, 0.2) is 24.3 Å². The average Bonchev–Trinajstić information content (AvgIpc) is 2.28. The first-order valence-corrected chi connectivity index (χ1v) is 7.50. The summed E-state index contributed by atoms with van der Waals surface area (Å²) in [6.45, 7) is 3.72. The fourth-order valence-electron chi connectivity index (χ4n) is 1.24. The summed E-state index contributed by atoms with van der Waals surface area (Å²) in [4.78, 5) is 11.6. The molecular weight excluding hydrogens is 276 g/mol. The number of anilines is 1. The van der Waals surface area contributed by atoms with Gasteiger partial charge in [0.05, 0.1) is 0 Å². The second kappa shape index (κ2) is 6.06. The molecule has 1 rings (SSSR count). The molecule has 100 valence electrons. The van der Waals surface area contributed by atoms with Crippen molar-refractivity contribution in [2.45, 2.75) is 19.9 Å². The van der Waals surface area contributed by atoms with Crippen molar-refractivity contribution in [2.24, 2.45) is 0 Å². The van der Waals surface area contributed by atoms with E-state index in [1.54, 1.807) is 12.1 Å². The molecule has 7 heteroatoms. The fraction of sp³-hybridized carbons (Fsp3) is 0.364. The summed E-state index contributed by atoms with van der Waals surface area (Å²) in [5, 5.41) is 2.23. The van der Waals surface area contributed by atoms with Crippen LogP contribution in [0.3, 0.4) is 0 Å². The highest BCUT2D eigenvalue weighted by Gasteiger charge is 2.10. The van der Waals surface area contributed by atoms with E-state index in [9.17, 15) is 13.2 Å². The van der Waals surface area contributed by atoms with E-state index in [2.05, 4.69) is 10.0 Å². The van der Waals surface area contributed by atoms with E-state index in [1.165, 1.54) is 12.1 Å². The Kier molecular flexibility index (Phi) is 4.98. The van der Waals surface area contributed by atoms with E-state index in [1.807, 2.05) is 13.8 Å². The number of sulfonamides is 1. The molecule has 0 spiro atoms. The third kappa shape index (κ3) is 4.54. The molecule has 0 fully saturated rings. The number of amides is 1. The van der Waals surface area contributed by atoms with Gasteiger partial charge in [0, 0.05) is 17.3 Å². The number of hydrogen-bond acceptors (Lipinski definition) is 3. The minimum atomic E-state index is -3.51. The highest BCUT2D eigenvalue weighted by atomic mass is 35.5. The van der Waals surface area contributed by atoms with Gasteiger partial charge in [0.2, 0.25) is 10.0 Å². The van der Waals surface area contributed by atoms with Crippen molar-refractivity contribution in [3.63, 3.8) is 0 Å². The number of benzene rings is 1. The zero-order chi connectivity index (χ0) is 13.8. The Morgan fingerprint density at radius 1 is 1.28 bits per heavy atom. The smallest absolute Gasteiger partial charge is 0.251 e. The lowest BCUT2D eigenvalue weighted by Gasteiger charge is -2.09. The summed E-state index contributed by atoms with van der Waals surface area (Å²) in [5.41, 5.74) is 0.842. The molecule has 5 nitrogen and oxygen atoms in total. The summed E-state index contributed by atoms with van der Waals surface area (Å²) >= 11 is 5.27. The predicted octanol–water partition coefficient (Wildman–Crippen LogP) is 1.76. The summed E-state index contributed by atoms with van der Waals surface area (Å²) in [6.07, 6.45) is 0. The Morgan fingerprint density at radius 3 is 2.28 bits per heavy atom. The fourth-order valence-corrected chi connectivity index (χ4v) is 1.96. The molecule has 2 N–H and O–H groups in total. The van der Waals surface area contributed by atoms with Gasteiger partial charge in [-0.05, 0) is 38.1 Å². The van der Waals surface area contributed by atoms with Gasteiger partial charge in [0.15, 0.2) is 0 Å². The van der Waals surface area contributed by atoms with Gasteiger partial charge in [-0.1, -0.05) is 0 Å². The number of carbonyl (C=O) groups is 1. The molecule has 0 aliphatic rings. The lowest BCUT2D eigenvalue weighted by atomic mass is 10.2.